The number of likely N-dealkylation sites (tertiary alicyclic amines) is 1. The maximum atomic E-state index is 12.4. The molecule has 168 valence electrons. The predicted octanol–water partition coefficient (Wildman–Crippen LogP) is 3.47. The summed E-state index contributed by atoms with van der Waals surface area (Å²) in [5.41, 5.74) is 2.52. The van der Waals surface area contributed by atoms with Gasteiger partial charge in [0, 0.05) is 35.2 Å². The van der Waals surface area contributed by atoms with Gasteiger partial charge in [-0.2, -0.15) is 9.78 Å². The Kier molecular flexibility index (Phi) is 5.75. The van der Waals surface area contributed by atoms with Crippen LogP contribution in [0.4, 0.5) is 0 Å². The molecule has 1 saturated heterocycles. The molecule has 32 heavy (non-hydrogen) atoms. The third-order valence-corrected chi connectivity index (χ3v) is 6.90. The van der Waals surface area contributed by atoms with Crippen molar-refractivity contribution in [1.29, 1.82) is 0 Å². The summed E-state index contributed by atoms with van der Waals surface area (Å²) in [6, 6.07) is 11.1. The van der Waals surface area contributed by atoms with E-state index in [1.807, 2.05) is 37.3 Å². The second kappa shape index (κ2) is 8.56. The molecule has 1 unspecified atom stereocenters. The lowest BCUT2D eigenvalue weighted by Gasteiger charge is -2.30. The van der Waals surface area contributed by atoms with Gasteiger partial charge in [-0.1, -0.05) is 23.2 Å². The summed E-state index contributed by atoms with van der Waals surface area (Å²) in [5.74, 6) is 0.676. The zero-order valence-corrected chi connectivity index (χ0v) is 19.1. The molecule has 2 heterocycles. The van der Waals surface area contributed by atoms with Crippen LogP contribution in [-0.2, 0) is 13.0 Å². The first-order valence-corrected chi connectivity index (χ1v) is 11.5. The second-order valence-corrected chi connectivity index (χ2v) is 9.15. The summed E-state index contributed by atoms with van der Waals surface area (Å²) in [4.78, 5) is 14.6. The van der Waals surface area contributed by atoms with E-state index in [0.29, 0.717) is 34.6 Å². The van der Waals surface area contributed by atoms with Gasteiger partial charge >= 0.3 is 5.69 Å². The maximum Gasteiger partial charge on any atom is 0.350 e. The van der Waals surface area contributed by atoms with Gasteiger partial charge in [0.05, 0.1) is 17.8 Å². The molecule has 5 rings (SSSR count). The highest BCUT2D eigenvalue weighted by molar-refractivity contribution is 6.35. The Bertz CT molecular complexity index is 1190. The van der Waals surface area contributed by atoms with E-state index >= 15 is 0 Å². The molecule has 3 atom stereocenters. The number of benzene rings is 2. The fraction of sp³-hybridized carbons (Fsp3) is 0.391. The standard InChI is InChI=1S/C23H24Cl2N4O3/c1-2-27-13-26-29(23(27)31)15-3-5-17(6-4-15)32-22-19-9-14(24)10-20(25)18(19)11-21(22)28-8-7-16(30)12-28/h3-6,9-10,13,16,21-22,30H,2,7-8,11-12H2,1H3/t16?,21-,22-/m0/s1. The van der Waals surface area contributed by atoms with Crippen LogP contribution in [-0.4, -0.2) is 49.6 Å². The third kappa shape index (κ3) is 3.83. The van der Waals surface area contributed by atoms with Crippen molar-refractivity contribution in [1.82, 2.24) is 19.2 Å². The zero-order chi connectivity index (χ0) is 22.4. The Morgan fingerprint density at radius 3 is 2.66 bits per heavy atom. The summed E-state index contributed by atoms with van der Waals surface area (Å²) in [7, 11) is 0. The lowest BCUT2D eigenvalue weighted by Crippen LogP contribution is -2.39. The molecule has 1 fully saturated rings. The molecule has 1 N–H and O–H groups in total. The number of halogens is 2. The van der Waals surface area contributed by atoms with Crippen molar-refractivity contribution in [3.05, 3.63) is 74.4 Å². The topological polar surface area (TPSA) is 72.5 Å². The van der Waals surface area contributed by atoms with E-state index in [9.17, 15) is 9.90 Å². The molecule has 2 aromatic carbocycles. The van der Waals surface area contributed by atoms with Gasteiger partial charge in [-0.05, 0) is 61.7 Å². The van der Waals surface area contributed by atoms with Crippen LogP contribution in [0.2, 0.25) is 10.0 Å². The van der Waals surface area contributed by atoms with Crippen molar-refractivity contribution in [2.45, 2.75) is 44.6 Å². The number of aromatic nitrogens is 3. The number of rotatable bonds is 5. The van der Waals surface area contributed by atoms with Gasteiger partial charge in [0.1, 0.15) is 18.2 Å². The normalized spacial score (nSPS) is 22.9. The van der Waals surface area contributed by atoms with E-state index in [1.54, 1.807) is 10.6 Å². The first-order valence-electron chi connectivity index (χ1n) is 10.8. The number of fused-ring (bicyclic) bond motifs is 1. The predicted molar refractivity (Wildman–Crippen MR) is 123 cm³/mol. The number of hydrogen-bond donors (Lipinski definition) is 1. The first-order chi connectivity index (χ1) is 15.4. The molecule has 0 saturated carbocycles. The zero-order valence-electron chi connectivity index (χ0n) is 17.6. The highest BCUT2D eigenvalue weighted by Gasteiger charge is 2.41. The molecule has 0 spiro atoms. The monoisotopic (exact) mass is 474 g/mol. The summed E-state index contributed by atoms with van der Waals surface area (Å²) in [5, 5.41) is 15.5. The number of aryl methyl sites for hydroxylation is 1. The Hall–Kier alpha value is -2.32. The molecular formula is C23H24Cl2N4O3. The molecule has 0 bridgehead atoms. The fourth-order valence-electron chi connectivity index (χ4n) is 4.69. The summed E-state index contributed by atoms with van der Waals surface area (Å²) in [6.45, 7) is 3.90. The van der Waals surface area contributed by atoms with Crippen LogP contribution in [0.15, 0.2) is 47.5 Å². The van der Waals surface area contributed by atoms with Crippen molar-refractivity contribution < 1.29 is 9.84 Å². The minimum absolute atomic E-state index is 0.0562. The minimum atomic E-state index is -0.320. The van der Waals surface area contributed by atoms with Crippen molar-refractivity contribution in [2.24, 2.45) is 0 Å². The molecular weight excluding hydrogens is 451 g/mol. The van der Waals surface area contributed by atoms with E-state index in [0.717, 1.165) is 30.5 Å². The van der Waals surface area contributed by atoms with Crippen molar-refractivity contribution in [3.63, 3.8) is 0 Å². The van der Waals surface area contributed by atoms with Crippen molar-refractivity contribution in [2.75, 3.05) is 13.1 Å². The summed E-state index contributed by atoms with van der Waals surface area (Å²) < 4.78 is 9.38. The highest BCUT2D eigenvalue weighted by Crippen LogP contribution is 2.43. The van der Waals surface area contributed by atoms with Crippen LogP contribution in [0, 0.1) is 0 Å². The molecule has 3 aromatic rings. The van der Waals surface area contributed by atoms with Gasteiger partial charge in [0.25, 0.3) is 0 Å². The molecule has 1 aliphatic heterocycles. The van der Waals surface area contributed by atoms with Gasteiger partial charge in [-0.3, -0.25) is 9.47 Å². The number of ether oxygens (including phenoxy) is 1. The number of aliphatic hydroxyl groups excluding tert-OH is 1. The van der Waals surface area contributed by atoms with Crippen LogP contribution in [0.25, 0.3) is 5.69 Å². The average molecular weight is 475 g/mol. The van der Waals surface area contributed by atoms with E-state index in [1.165, 1.54) is 11.0 Å². The highest BCUT2D eigenvalue weighted by atomic mass is 35.5. The molecule has 0 radical (unpaired) electrons. The number of aliphatic hydroxyl groups is 1. The molecule has 1 aromatic heterocycles. The Labute approximate surface area is 195 Å². The smallest absolute Gasteiger partial charge is 0.350 e. The first kappa shape index (κ1) is 21.5. The SMILES string of the molecule is CCn1cnn(-c2ccc(O[C@H]3c4cc(Cl)cc(Cl)c4C[C@@H]3N3CCC(O)C3)cc2)c1=O. The number of nitrogens with zero attached hydrogens (tertiary/aromatic N) is 4. The van der Waals surface area contributed by atoms with Crippen molar-refractivity contribution >= 4 is 23.2 Å². The fourth-order valence-corrected chi connectivity index (χ4v) is 5.28. The Morgan fingerprint density at radius 1 is 1.22 bits per heavy atom. The van der Waals surface area contributed by atoms with Crippen LogP contribution in [0.1, 0.15) is 30.6 Å². The Morgan fingerprint density at radius 2 is 2.00 bits per heavy atom. The molecule has 2 aliphatic rings. The molecule has 9 heteroatoms. The number of hydrogen-bond acceptors (Lipinski definition) is 5. The summed E-state index contributed by atoms with van der Waals surface area (Å²) in [6.07, 6.45) is 2.44. The molecule has 1 aliphatic carbocycles. The van der Waals surface area contributed by atoms with Gasteiger partial charge in [-0.25, -0.2) is 4.79 Å². The lowest BCUT2D eigenvalue weighted by molar-refractivity contribution is 0.0818. The quantitative estimate of drug-likeness (QED) is 0.612. The van der Waals surface area contributed by atoms with Crippen LogP contribution in [0.5, 0.6) is 5.75 Å². The largest absolute Gasteiger partial charge is 0.484 e. The van der Waals surface area contributed by atoms with E-state index in [-0.39, 0.29) is 23.9 Å². The van der Waals surface area contributed by atoms with Gasteiger partial charge in [0.2, 0.25) is 0 Å². The molecule has 7 nitrogen and oxygen atoms in total. The van der Waals surface area contributed by atoms with Crippen molar-refractivity contribution in [3.8, 4) is 11.4 Å². The molecule has 0 amide bonds. The Balaban J connectivity index is 1.44. The van der Waals surface area contributed by atoms with Crippen LogP contribution in [0.3, 0.4) is 0 Å². The average Bonchev–Trinajstić information content (AvgIpc) is 3.46. The van der Waals surface area contributed by atoms with Gasteiger partial charge in [0.15, 0.2) is 0 Å². The maximum absolute atomic E-state index is 12.4. The van der Waals surface area contributed by atoms with Gasteiger partial charge < -0.3 is 9.84 Å². The second-order valence-electron chi connectivity index (χ2n) is 8.31. The van der Waals surface area contributed by atoms with Crippen LogP contribution < -0.4 is 10.4 Å². The third-order valence-electron chi connectivity index (χ3n) is 6.35. The van der Waals surface area contributed by atoms with Crippen LogP contribution >= 0.6 is 23.2 Å². The minimum Gasteiger partial charge on any atom is -0.484 e. The number of β-amino-alcohol motifs (C(OH)–C–C–N with tert-alkyl or cyclic N) is 1. The van der Waals surface area contributed by atoms with Gasteiger partial charge in [-0.15, -0.1) is 0 Å². The van der Waals surface area contributed by atoms with E-state index in [4.69, 9.17) is 27.9 Å². The van der Waals surface area contributed by atoms with E-state index < -0.39 is 0 Å². The lowest BCUT2D eigenvalue weighted by atomic mass is 10.1. The van der Waals surface area contributed by atoms with E-state index in [2.05, 4.69) is 10.00 Å². The summed E-state index contributed by atoms with van der Waals surface area (Å²) >= 11 is 12.8.